The van der Waals surface area contributed by atoms with Crippen LogP contribution in [0.15, 0.2) is 54.6 Å². The van der Waals surface area contributed by atoms with E-state index < -0.39 is 0 Å². The Bertz CT molecular complexity index is 725. The number of rotatable bonds is 4. The average Bonchev–Trinajstić information content (AvgIpc) is 2.99. The highest BCUT2D eigenvalue weighted by molar-refractivity contribution is 5.97. The lowest BCUT2D eigenvalue weighted by molar-refractivity contribution is -0.129. The van der Waals surface area contributed by atoms with Crippen molar-refractivity contribution < 1.29 is 9.59 Å². The van der Waals surface area contributed by atoms with Crippen LogP contribution in [0.25, 0.3) is 0 Å². The Morgan fingerprint density at radius 1 is 1.12 bits per heavy atom. The zero-order chi connectivity index (χ0) is 17.1. The van der Waals surface area contributed by atoms with E-state index in [9.17, 15) is 9.59 Å². The summed E-state index contributed by atoms with van der Waals surface area (Å²) < 4.78 is 0. The van der Waals surface area contributed by atoms with E-state index in [2.05, 4.69) is 5.32 Å². The normalized spacial score (nSPS) is 18.5. The van der Waals surface area contributed by atoms with Crippen molar-refractivity contribution in [2.45, 2.75) is 26.3 Å². The van der Waals surface area contributed by atoms with Gasteiger partial charge in [0.1, 0.15) is 0 Å². The van der Waals surface area contributed by atoms with Crippen molar-refractivity contribution in [3.63, 3.8) is 0 Å². The lowest BCUT2D eigenvalue weighted by Gasteiger charge is -2.25. The van der Waals surface area contributed by atoms with Crippen LogP contribution in [0.5, 0.6) is 0 Å². The summed E-state index contributed by atoms with van der Waals surface area (Å²) in [6, 6.07) is 17.6. The third-order valence-electron chi connectivity index (χ3n) is 4.60. The molecule has 4 nitrogen and oxygen atoms in total. The van der Waals surface area contributed by atoms with Gasteiger partial charge in [-0.05, 0) is 31.5 Å². The quantitative estimate of drug-likeness (QED) is 0.936. The molecule has 0 aliphatic carbocycles. The van der Waals surface area contributed by atoms with Gasteiger partial charge < -0.3 is 10.2 Å². The van der Waals surface area contributed by atoms with Crippen molar-refractivity contribution in [3.8, 4) is 0 Å². The monoisotopic (exact) mass is 322 g/mol. The van der Waals surface area contributed by atoms with Gasteiger partial charge in [0.25, 0.3) is 0 Å². The Morgan fingerprint density at radius 2 is 1.79 bits per heavy atom. The van der Waals surface area contributed by atoms with Crippen LogP contribution in [0, 0.1) is 12.8 Å². The summed E-state index contributed by atoms with van der Waals surface area (Å²) in [5.74, 6) is -0.352. The number of hydrogen-bond donors (Lipinski definition) is 1. The molecule has 3 rings (SSSR count). The van der Waals surface area contributed by atoms with Gasteiger partial charge in [0.15, 0.2) is 0 Å². The second-order valence-electron chi connectivity index (χ2n) is 6.39. The number of carbonyl (C=O) groups excluding carboxylic acids is 2. The largest absolute Gasteiger partial charge is 0.335 e. The van der Waals surface area contributed by atoms with E-state index in [0.717, 1.165) is 16.8 Å². The van der Waals surface area contributed by atoms with E-state index in [-0.39, 0.29) is 30.2 Å². The van der Waals surface area contributed by atoms with Gasteiger partial charge >= 0.3 is 0 Å². The molecule has 2 aromatic carbocycles. The number of hydrogen-bond acceptors (Lipinski definition) is 2. The number of aryl methyl sites for hydroxylation is 1. The smallest absolute Gasteiger partial charge is 0.229 e. The predicted octanol–water partition coefficient (Wildman–Crippen LogP) is 3.54. The summed E-state index contributed by atoms with van der Waals surface area (Å²) in [5, 5.41) is 2.91. The second-order valence-corrected chi connectivity index (χ2v) is 6.39. The van der Waals surface area contributed by atoms with Gasteiger partial charge in [0.2, 0.25) is 11.8 Å². The van der Waals surface area contributed by atoms with Crippen LogP contribution in [0.2, 0.25) is 0 Å². The van der Waals surface area contributed by atoms with Gasteiger partial charge in [0.05, 0.1) is 12.0 Å². The molecule has 0 aromatic heterocycles. The first-order valence-electron chi connectivity index (χ1n) is 8.26. The molecule has 1 saturated heterocycles. The molecule has 24 heavy (non-hydrogen) atoms. The summed E-state index contributed by atoms with van der Waals surface area (Å²) in [5.41, 5.74) is 3.00. The van der Waals surface area contributed by atoms with Crippen LogP contribution in [0.1, 0.15) is 30.5 Å². The number of anilines is 1. The summed E-state index contributed by atoms with van der Waals surface area (Å²) >= 11 is 0. The molecule has 0 bridgehead atoms. The fourth-order valence-electron chi connectivity index (χ4n) is 3.07. The number of amides is 2. The maximum absolute atomic E-state index is 12.5. The van der Waals surface area contributed by atoms with Gasteiger partial charge in [0, 0.05) is 18.7 Å². The van der Waals surface area contributed by atoms with E-state index >= 15 is 0 Å². The number of nitrogens with one attached hydrogen (secondary N) is 1. The van der Waals surface area contributed by atoms with Crippen molar-refractivity contribution in [2.24, 2.45) is 5.92 Å². The molecule has 0 radical (unpaired) electrons. The summed E-state index contributed by atoms with van der Waals surface area (Å²) in [6.45, 7) is 4.48. The topological polar surface area (TPSA) is 49.4 Å². The molecule has 124 valence electrons. The Morgan fingerprint density at radius 3 is 2.46 bits per heavy atom. The van der Waals surface area contributed by atoms with Crippen LogP contribution in [0.4, 0.5) is 5.69 Å². The van der Waals surface area contributed by atoms with Crippen LogP contribution >= 0.6 is 0 Å². The van der Waals surface area contributed by atoms with Gasteiger partial charge in [-0.15, -0.1) is 0 Å². The van der Waals surface area contributed by atoms with Gasteiger partial charge in [-0.25, -0.2) is 0 Å². The van der Waals surface area contributed by atoms with Crippen molar-refractivity contribution in [3.05, 3.63) is 65.7 Å². The summed E-state index contributed by atoms with van der Waals surface area (Å²) in [7, 11) is 0. The summed E-state index contributed by atoms with van der Waals surface area (Å²) in [6.07, 6.45) is 0.273. The zero-order valence-corrected chi connectivity index (χ0v) is 14.0. The number of likely N-dealkylation sites (tertiary alicyclic amines) is 1. The third-order valence-corrected chi connectivity index (χ3v) is 4.60. The molecule has 0 unspecified atom stereocenters. The lowest BCUT2D eigenvalue weighted by Crippen LogP contribution is -2.30. The maximum Gasteiger partial charge on any atom is 0.229 e. The third kappa shape index (κ3) is 3.48. The van der Waals surface area contributed by atoms with Crippen LogP contribution in [-0.2, 0) is 9.59 Å². The average molecular weight is 322 g/mol. The fourth-order valence-corrected chi connectivity index (χ4v) is 3.07. The maximum atomic E-state index is 12.5. The molecule has 1 fully saturated rings. The van der Waals surface area contributed by atoms with Crippen molar-refractivity contribution in [2.75, 3.05) is 11.9 Å². The first-order valence-corrected chi connectivity index (χ1v) is 8.26. The number of benzene rings is 2. The predicted molar refractivity (Wildman–Crippen MR) is 94.5 cm³/mol. The van der Waals surface area contributed by atoms with Crippen molar-refractivity contribution in [1.82, 2.24) is 4.90 Å². The number of nitrogens with zero attached hydrogens (tertiary/aromatic N) is 1. The molecular weight excluding hydrogens is 300 g/mol. The van der Waals surface area contributed by atoms with Gasteiger partial charge in [-0.2, -0.15) is 0 Å². The molecule has 1 aliphatic rings. The van der Waals surface area contributed by atoms with E-state index in [1.54, 1.807) is 4.90 Å². The highest BCUT2D eigenvalue weighted by atomic mass is 16.2. The van der Waals surface area contributed by atoms with E-state index in [4.69, 9.17) is 0 Å². The zero-order valence-electron chi connectivity index (χ0n) is 14.0. The fraction of sp³-hybridized carbons (Fsp3) is 0.300. The minimum Gasteiger partial charge on any atom is -0.335 e. The standard InChI is InChI=1S/C20H22N2O2/c1-14-8-10-18(11-9-14)21-20(24)17-12-19(23)22(13-17)15(2)16-6-4-3-5-7-16/h3-11,15,17H,12-13H2,1-2H3,(H,21,24)/t15-,17+/m0/s1. The minimum atomic E-state index is -0.301. The van der Waals surface area contributed by atoms with E-state index in [1.165, 1.54) is 0 Å². The Hall–Kier alpha value is -2.62. The Balaban J connectivity index is 1.65. The first kappa shape index (κ1) is 16.2. The molecule has 1 heterocycles. The van der Waals surface area contributed by atoms with E-state index in [0.29, 0.717) is 6.54 Å². The van der Waals surface area contributed by atoms with Crippen LogP contribution in [0.3, 0.4) is 0 Å². The van der Waals surface area contributed by atoms with Crippen LogP contribution < -0.4 is 5.32 Å². The highest BCUT2D eigenvalue weighted by Gasteiger charge is 2.36. The molecule has 1 aliphatic heterocycles. The lowest BCUT2D eigenvalue weighted by atomic mass is 10.1. The second kappa shape index (κ2) is 6.87. The molecule has 0 spiro atoms. The van der Waals surface area contributed by atoms with Gasteiger partial charge in [-0.1, -0.05) is 48.0 Å². The Kier molecular flexibility index (Phi) is 4.65. The molecule has 4 heteroatoms. The van der Waals surface area contributed by atoms with Crippen molar-refractivity contribution >= 4 is 17.5 Å². The molecular formula is C20H22N2O2. The first-order chi connectivity index (χ1) is 11.5. The molecule has 2 atom stereocenters. The van der Waals surface area contributed by atoms with Crippen molar-refractivity contribution in [1.29, 1.82) is 0 Å². The SMILES string of the molecule is Cc1ccc(NC(=O)[C@@H]2CC(=O)N([C@@H](C)c3ccccc3)C2)cc1. The minimum absolute atomic E-state index is 0.0177. The number of carbonyl (C=O) groups is 2. The highest BCUT2D eigenvalue weighted by Crippen LogP contribution is 2.29. The Labute approximate surface area is 142 Å². The van der Waals surface area contributed by atoms with E-state index in [1.807, 2.05) is 68.4 Å². The molecule has 2 amide bonds. The van der Waals surface area contributed by atoms with Crippen LogP contribution in [-0.4, -0.2) is 23.3 Å². The molecule has 1 N–H and O–H groups in total. The molecule has 0 saturated carbocycles. The molecule has 2 aromatic rings. The van der Waals surface area contributed by atoms with Gasteiger partial charge in [-0.3, -0.25) is 9.59 Å². The summed E-state index contributed by atoms with van der Waals surface area (Å²) in [4.78, 5) is 26.6.